The van der Waals surface area contributed by atoms with Gasteiger partial charge in [-0.25, -0.2) is 4.79 Å². The number of hydrogen-bond donors (Lipinski definition) is 1. The number of carbonyl (C=O) groups is 1. The Bertz CT molecular complexity index is 548. The number of nitrogens with zero attached hydrogens (tertiary/aromatic N) is 2. The lowest BCUT2D eigenvalue weighted by molar-refractivity contribution is -0.384. The summed E-state index contributed by atoms with van der Waals surface area (Å²) in [5, 5.41) is 20.2. The molecule has 0 aromatic heterocycles. The first kappa shape index (κ1) is 17.2. The maximum Gasteiger partial charge on any atom is 0.338 e. The molecule has 21 heavy (non-hydrogen) atoms. The number of halogens is 1. The monoisotopic (exact) mass is 316 g/mol. The summed E-state index contributed by atoms with van der Waals surface area (Å²) in [5.41, 5.74) is -0.280. The fourth-order valence-corrected chi connectivity index (χ4v) is 2.29. The van der Waals surface area contributed by atoms with Crippen molar-refractivity contribution in [3.63, 3.8) is 0 Å². The molecule has 0 radical (unpaired) electrons. The minimum Gasteiger partial charge on any atom is -0.478 e. The van der Waals surface area contributed by atoms with Gasteiger partial charge in [-0.2, -0.15) is 0 Å². The lowest BCUT2D eigenvalue weighted by Gasteiger charge is -2.30. The first-order valence-electron chi connectivity index (χ1n) is 6.26. The smallest absolute Gasteiger partial charge is 0.338 e. The number of anilines is 1. The summed E-state index contributed by atoms with van der Waals surface area (Å²) in [7, 11) is 1.54. The zero-order valence-electron chi connectivity index (χ0n) is 12.0. The van der Waals surface area contributed by atoms with Crippen LogP contribution in [0.5, 0.6) is 0 Å². The third-order valence-electron chi connectivity index (χ3n) is 2.94. The first-order valence-corrected chi connectivity index (χ1v) is 6.64. The molecule has 0 spiro atoms. The van der Waals surface area contributed by atoms with Crippen molar-refractivity contribution in [2.75, 3.05) is 25.2 Å². The Morgan fingerprint density at radius 3 is 2.57 bits per heavy atom. The zero-order chi connectivity index (χ0) is 16.2. The minimum atomic E-state index is -1.27. The molecule has 116 valence electrons. The van der Waals surface area contributed by atoms with Crippen LogP contribution in [0.25, 0.3) is 0 Å². The standard InChI is InChI=1S/C13H17ClN2O5/c1-8(2)15(4-5-21-3)12-10(13(17)18)6-9(16(19)20)7-11(12)14/h6-8H,4-5H2,1-3H3,(H,17,18). The Hall–Kier alpha value is -1.86. The van der Waals surface area contributed by atoms with Crippen molar-refractivity contribution in [3.05, 3.63) is 32.8 Å². The predicted molar refractivity (Wildman–Crippen MR) is 79.4 cm³/mol. The van der Waals surface area contributed by atoms with Crippen molar-refractivity contribution in [3.8, 4) is 0 Å². The molecule has 0 fully saturated rings. The number of aromatic carboxylic acids is 1. The van der Waals surface area contributed by atoms with Crippen LogP contribution in [0.3, 0.4) is 0 Å². The van der Waals surface area contributed by atoms with Gasteiger partial charge in [0.1, 0.15) is 0 Å². The summed E-state index contributed by atoms with van der Waals surface area (Å²) in [6.07, 6.45) is 0. The van der Waals surface area contributed by atoms with Gasteiger partial charge >= 0.3 is 5.97 Å². The Morgan fingerprint density at radius 1 is 1.52 bits per heavy atom. The zero-order valence-corrected chi connectivity index (χ0v) is 12.8. The fraction of sp³-hybridized carbons (Fsp3) is 0.462. The molecule has 0 aliphatic heterocycles. The van der Waals surface area contributed by atoms with E-state index in [0.717, 1.165) is 12.1 Å². The lowest BCUT2D eigenvalue weighted by Crippen LogP contribution is -2.35. The Morgan fingerprint density at radius 2 is 2.14 bits per heavy atom. The van der Waals surface area contributed by atoms with Gasteiger partial charge in [0, 0.05) is 31.8 Å². The van der Waals surface area contributed by atoms with E-state index in [2.05, 4.69) is 0 Å². The number of benzene rings is 1. The summed E-state index contributed by atoms with van der Waals surface area (Å²) < 4.78 is 5.01. The van der Waals surface area contributed by atoms with E-state index in [9.17, 15) is 20.0 Å². The number of nitro benzene ring substituents is 1. The number of nitro groups is 1. The number of ether oxygens (including phenoxy) is 1. The van der Waals surface area contributed by atoms with Crippen LogP contribution in [-0.2, 0) is 4.74 Å². The van der Waals surface area contributed by atoms with E-state index in [1.165, 1.54) is 7.11 Å². The van der Waals surface area contributed by atoms with Crippen LogP contribution in [-0.4, -0.2) is 42.3 Å². The van der Waals surface area contributed by atoms with Gasteiger partial charge in [-0.05, 0) is 13.8 Å². The average molecular weight is 317 g/mol. The topological polar surface area (TPSA) is 92.9 Å². The van der Waals surface area contributed by atoms with Crippen LogP contribution >= 0.6 is 11.6 Å². The summed E-state index contributed by atoms with van der Waals surface area (Å²) in [5.74, 6) is -1.27. The molecule has 1 aromatic carbocycles. The summed E-state index contributed by atoms with van der Waals surface area (Å²) in [6.45, 7) is 4.55. The molecule has 0 unspecified atom stereocenters. The second kappa shape index (κ2) is 7.24. The molecule has 0 amide bonds. The number of methoxy groups -OCH3 is 1. The first-order chi connectivity index (χ1) is 9.79. The number of carboxylic acids is 1. The maximum atomic E-state index is 11.4. The van der Waals surface area contributed by atoms with Gasteiger partial charge in [-0.3, -0.25) is 10.1 Å². The van der Waals surface area contributed by atoms with Gasteiger partial charge in [-0.1, -0.05) is 11.6 Å². The fourth-order valence-electron chi connectivity index (χ4n) is 1.96. The molecule has 7 nitrogen and oxygen atoms in total. The van der Waals surface area contributed by atoms with E-state index in [-0.39, 0.29) is 28.0 Å². The third kappa shape index (κ3) is 4.05. The Balaban J connectivity index is 3.44. The Kier molecular flexibility index (Phi) is 5.92. The van der Waals surface area contributed by atoms with Crippen molar-refractivity contribution >= 4 is 28.9 Å². The second-order valence-electron chi connectivity index (χ2n) is 4.67. The molecule has 0 saturated heterocycles. The van der Waals surface area contributed by atoms with E-state index in [1.807, 2.05) is 13.8 Å². The van der Waals surface area contributed by atoms with Crippen molar-refractivity contribution in [2.45, 2.75) is 19.9 Å². The van der Waals surface area contributed by atoms with Gasteiger partial charge in [0.05, 0.1) is 27.8 Å². The van der Waals surface area contributed by atoms with Crippen molar-refractivity contribution in [2.24, 2.45) is 0 Å². The SMILES string of the molecule is COCCN(c1c(Cl)cc([N+](=O)[O-])cc1C(=O)O)C(C)C. The van der Waals surface area contributed by atoms with Crippen LogP contribution in [0, 0.1) is 10.1 Å². The third-order valence-corrected chi connectivity index (χ3v) is 3.22. The highest BCUT2D eigenvalue weighted by atomic mass is 35.5. The van der Waals surface area contributed by atoms with Crippen molar-refractivity contribution < 1.29 is 19.6 Å². The van der Waals surface area contributed by atoms with Crippen LogP contribution in [0.4, 0.5) is 11.4 Å². The highest BCUT2D eigenvalue weighted by molar-refractivity contribution is 6.34. The largest absolute Gasteiger partial charge is 0.478 e. The number of hydrogen-bond acceptors (Lipinski definition) is 5. The normalized spacial score (nSPS) is 10.7. The second-order valence-corrected chi connectivity index (χ2v) is 5.07. The van der Waals surface area contributed by atoms with Gasteiger partial charge < -0.3 is 14.7 Å². The quantitative estimate of drug-likeness (QED) is 0.614. The van der Waals surface area contributed by atoms with E-state index >= 15 is 0 Å². The summed E-state index contributed by atoms with van der Waals surface area (Å²) in [6, 6.07) is 2.13. The van der Waals surface area contributed by atoms with Crippen LogP contribution in [0.15, 0.2) is 12.1 Å². The van der Waals surface area contributed by atoms with Crippen LogP contribution in [0.2, 0.25) is 5.02 Å². The van der Waals surface area contributed by atoms with E-state index in [0.29, 0.717) is 13.2 Å². The lowest BCUT2D eigenvalue weighted by atomic mass is 10.1. The molecule has 0 aliphatic rings. The van der Waals surface area contributed by atoms with Gasteiger partial charge in [-0.15, -0.1) is 0 Å². The molecule has 0 atom stereocenters. The molecule has 1 aromatic rings. The Labute approximate surface area is 127 Å². The van der Waals surface area contributed by atoms with Gasteiger partial charge in [0.25, 0.3) is 5.69 Å². The molecule has 1 N–H and O–H groups in total. The average Bonchev–Trinajstić information content (AvgIpc) is 2.39. The molecular weight excluding hydrogens is 300 g/mol. The highest BCUT2D eigenvalue weighted by Crippen LogP contribution is 2.35. The van der Waals surface area contributed by atoms with Crippen molar-refractivity contribution in [1.82, 2.24) is 0 Å². The predicted octanol–water partition coefficient (Wildman–Crippen LogP) is 2.81. The van der Waals surface area contributed by atoms with Crippen LogP contribution in [0.1, 0.15) is 24.2 Å². The molecule has 0 heterocycles. The molecule has 0 aliphatic carbocycles. The molecule has 8 heteroatoms. The molecule has 0 bridgehead atoms. The molecule has 0 saturated carbocycles. The van der Waals surface area contributed by atoms with E-state index in [1.54, 1.807) is 4.90 Å². The van der Waals surface area contributed by atoms with Gasteiger partial charge in [0.2, 0.25) is 0 Å². The maximum absolute atomic E-state index is 11.4. The summed E-state index contributed by atoms with van der Waals surface area (Å²) in [4.78, 5) is 23.3. The number of non-ortho nitro benzene ring substituents is 1. The van der Waals surface area contributed by atoms with E-state index in [4.69, 9.17) is 16.3 Å². The van der Waals surface area contributed by atoms with Crippen molar-refractivity contribution in [1.29, 1.82) is 0 Å². The minimum absolute atomic E-state index is 0.0337. The summed E-state index contributed by atoms with van der Waals surface area (Å²) >= 11 is 6.09. The van der Waals surface area contributed by atoms with Gasteiger partial charge in [0.15, 0.2) is 0 Å². The number of rotatable bonds is 7. The molecular formula is C13H17ClN2O5. The van der Waals surface area contributed by atoms with E-state index < -0.39 is 10.9 Å². The number of carboxylic acid groups (broad SMARTS) is 1. The van der Waals surface area contributed by atoms with Crippen LogP contribution < -0.4 is 4.90 Å². The molecule has 1 rings (SSSR count). The highest BCUT2D eigenvalue weighted by Gasteiger charge is 2.25.